The predicted octanol–water partition coefficient (Wildman–Crippen LogP) is 1.66. The fourth-order valence-electron chi connectivity index (χ4n) is 0.740. The molecule has 1 heteroatoms. The summed E-state index contributed by atoms with van der Waals surface area (Å²) in [5, 5.41) is 3.13. The standard InChI is InChI=1S/C8H17N/c1-5-7(2)8(3)6-9-4/h5,7-9H,1,6H2,2-4H3. The SMILES string of the molecule is C=CC(C)C(C)CNC. The number of hydrogen-bond donors (Lipinski definition) is 1. The van der Waals surface area contributed by atoms with Gasteiger partial charge in [0.25, 0.3) is 0 Å². The van der Waals surface area contributed by atoms with E-state index < -0.39 is 0 Å². The molecule has 0 radical (unpaired) electrons. The molecule has 2 unspecified atom stereocenters. The molecule has 9 heavy (non-hydrogen) atoms. The molecule has 54 valence electrons. The maximum absolute atomic E-state index is 3.74. The van der Waals surface area contributed by atoms with Crippen molar-refractivity contribution in [3.8, 4) is 0 Å². The first-order chi connectivity index (χ1) is 4.22. The molecule has 1 N–H and O–H groups in total. The van der Waals surface area contributed by atoms with E-state index in [4.69, 9.17) is 0 Å². The topological polar surface area (TPSA) is 12.0 Å². The van der Waals surface area contributed by atoms with Crippen molar-refractivity contribution in [3.05, 3.63) is 12.7 Å². The van der Waals surface area contributed by atoms with E-state index in [-0.39, 0.29) is 0 Å². The Labute approximate surface area is 58.2 Å². The summed E-state index contributed by atoms with van der Waals surface area (Å²) >= 11 is 0. The first kappa shape index (κ1) is 8.70. The molecule has 2 atom stereocenters. The van der Waals surface area contributed by atoms with Crippen LogP contribution in [0, 0.1) is 11.8 Å². The van der Waals surface area contributed by atoms with Crippen LogP contribution in [0.5, 0.6) is 0 Å². The van der Waals surface area contributed by atoms with Gasteiger partial charge in [-0.25, -0.2) is 0 Å². The minimum Gasteiger partial charge on any atom is -0.319 e. The van der Waals surface area contributed by atoms with Gasteiger partial charge >= 0.3 is 0 Å². The molecule has 0 aliphatic rings. The van der Waals surface area contributed by atoms with Crippen LogP contribution in [0.15, 0.2) is 12.7 Å². The second-order valence-corrected chi connectivity index (χ2v) is 2.63. The molecule has 0 fully saturated rings. The van der Waals surface area contributed by atoms with Gasteiger partial charge in [-0.15, -0.1) is 6.58 Å². The highest BCUT2D eigenvalue weighted by Gasteiger charge is 2.05. The van der Waals surface area contributed by atoms with Crippen molar-refractivity contribution in [2.45, 2.75) is 13.8 Å². The molecule has 0 saturated heterocycles. The van der Waals surface area contributed by atoms with E-state index in [1.54, 1.807) is 0 Å². The Morgan fingerprint density at radius 3 is 2.44 bits per heavy atom. The Kier molecular flexibility index (Phi) is 4.41. The number of rotatable bonds is 4. The number of allylic oxidation sites excluding steroid dienone is 1. The molecule has 1 nitrogen and oxygen atoms in total. The van der Waals surface area contributed by atoms with E-state index in [2.05, 4.69) is 25.7 Å². The van der Waals surface area contributed by atoms with Crippen LogP contribution in [0.4, 0.5) is 0 Å². The van der Waals surface area contributed by atoms with E-state index in [1.807, 2.05) is 13.1 Å². The first-order valence-corrected chi connectivity index (χ1v) is 3.49. The largest absolute Gasteiger partial charge is 0.319 e. The molecule has 0 aromatic heterocycles. The average molecular weight is 127 g/mol. The van der Waals surface area contributed by atoms with Crippen molar-refractivity contribution >= 4 is 0 Å². The molecule has 0 aromatic carbocycles. The highest BCUT2D eigenvalue weighted by Crippen LogP contribution is 2.09. The van der Waals surface area contributed by atoms with Crippen molar-refractivity contribution < 1.29 is 0 Å². The summed E-state index contributed by atoms with van der Waals surface area (Å²) in [4.78, 5) is 0. The van der Waals surface area contributed by atoms with Crippen molar-refractivity contribution in [1.82, 2.24) is 5.32 Å². The van der Waals surface area contributed by atoms with Gasteiger partial charge in [-0.05, 0) is 25.4 Å². The highest BCUT2D eigenvalue weighted by atomic mass is 14.8. The van der Waals surface area contributed by atoms with Crippen molar-refractivity contribution in [2.75, 3.05) is 13.6 Å². The Hall–Kier alpha value is -0.300. The average Bonchev–Trinajstić information content (AvgIpc) is 1.87. The van der Waals surface area contributed by atoms with E-state index in [0.717, 1.165) is 6.54 Å². The molecule has 0 aliphatic heterocycles. The van der Waals surface area contributed by atoms with Crippen LogP contribution in [0.25, 0.3) is 0 Å². The highest BCUT2D eigenvalue weighted by molar-refractivity contribution is 4.79. The fraction of sp³-hybridized carbons (Fsp3) is 0.750. The maximum atomic E-state index is 3.74. The summed E-state index contributed by atoms with van der Waals surface area (Å²) in [6, 6.07) is 0. The van der Waals surface area contributed by atoms with Gasteiger partial charge in [0.2, 0.25) is 0 Å². The third kappa shape index (κ3) is 3.31. The second kappa shape index (κ2) is 4.57. The first-order valence-electron chi connectivity index (χ1n) is 3.49. The summed E-state index contributed by atoms with van der Waals surface area (Å²) in [6.07, 6.45) is 2.00. The number of hydrogen-bond acceptors (Lipinski definition) is 1. The summed E-state index contributed by atoms with van der Waals surface area (Å²) in [7, 11) is 1.98. The van der Waals surface area contributed by atoms with Gasteiger partial charge in [-0.1, -0.05) is 19.9 Å². The Bertz CT molecular complexity index is 78.6. The van der Waals surface area contributed by atoms with Gasteiger partial charge < -0.3 is 5.32 Å². The Balaban J connectivity index is 3.44. The van der Waals surface area contributed by atoms with Crippen molar-refractivity contribution in [2.24, 2.45) is 11.8 Å². The van der Waals surface area contributed by atoms with Gasteiger partial charge in [0.1, 0.15) is 0 Å². The molecule has 0 rings (SSSR count). The van der Waals surface area contributed by atoms with Gasteiger partial charge in [-0.3, -0.25) is 0 Å². The zero-order valence-corrected chi connectivity index (χ0v) is 6.65. The predicted molar refractivity (Wildman–Crippen MR) is 42.5 cm³/mol. The fourth-order valence-corrected chi connectivity index (χ4v) is 0.740. The van der Waals surface area contributed by atoms with Crippen LogP contribution in [0.2, 0.25) is 0 Å². The molecule has 0 aliphatic carbocycles. The lowest BCUT2D eigenvalue weighted by Crippen LogP contribution is -2.20. The van der Waals surface area contributed by atoms with E-state index in [9.17, 15) is 0 Å². The quantitative estimate of drug-likeness (QED) is 0.566. The van der Waals surface area contributed by atoms with Crippen LogP contribution in [-0.4, -0.2) is 13.6 Å². The van der Waals surface area contributed by atoms with Gasteiger partial charge in [-0.2, -0.15) is 0 Å². The maximum Gasteiger partial charge on any atom is -0.00206 e. The zero-order valence-electron chi connectivity index (χ0n) is 6.65. The molecule has 0 saturated carbocycles. The summed E-state index contributed by atoms with van der Waals surface area (Å²) in [5.74, 6) is 1.32. The lowest BCUT2D eigenvalue weighted by Gasteiger charge is -2.14. The van der Waals surface area contributed by atoms with Gasteiger partial charge in [0.15, 0.2) is 0 Å². The molecular formula is C8H17N. The lowest BCUT2D eigenvalue weighted by atomic mass is 9.96. The van der Waals surface area contributed by atoms with Crippen LogP contribution >= 0.6 is 0 Å². The number of nitrogens with one attached hydrogen (secondary N) is 1. The molecule has 0 amide bonds. The van der Waals surface area contributed by atoms with Gasteiger partial charge in [0, 0.05) is 0 Å². The Morgan fingerprint density at radius 2 is 2.11 bits per heavy atom. The molecule has 0 bridgehead atoms. The molecule has 0 aromatic rings. The molecule has 0 heterocycles. The summed E-state index contributed by atoms with van der Waals surface area (Å²) in [6.45, 7) is 9.23. The molecular weight excluding hydrogens is 110 g/mol. The van der Waals surface area contributed by atoms with Crippen LogP contribution < -0.4 is 5.32 Å². The Morgan fingerprint density at radius 1 is 1.56 bits per heavy atom. The second-order valence-electron chi connectivity index (χ2n) is 2.63. The smallest absolute Gasteiger partial charge is 0.00206 e. The van der Waals surface area contributed by atoms with Crippen molar-refractivity contribution in [1.29, 1.82) is 0 Å². The summed E-state index contributed by atoms with van der Waals surface area (Å²) in [5.41, 5.74) is 0. The van der Waals surface area contributed by atoms with E-state index in [1.165, 1.54) is 0 Å². The summed E-state index contributed by atoms with van der Waals surface area (Å²) < 4.78 is 0. The van der Waals surface area contributed by atoms with Crippen LogP contribution in [0.1, 0.15) is 13.8 Å². The van der Waals surface area contributed by atoms with E-state index >= 15 is 0 Å². The lowest BCUT2D eigenvalue weighted by molar-refractivity contribution is 0.442. The normalized spacial score (nSPS) is 16.8. The minimum atomic E-state index is 0.623. The third-order valence-electron chi connectivity index (χ3n) is 1.80. The minimum absolute atomic E-state index is 0.623. The monoisotopic (exact) mass is 127 g/mol. The molecule has 0 spiro atoms. The van der Waals surface area contributed by atoms with E-state index in [0.29, 0.717) is 11.8 Å². The van der Waals surface area contributed by atoms with Gasteiger partial charge in [0.05, 0.1) is 0 Å². The van der Waals surface area contributed by atoms with Crippen LogP contribution in [-0.2, 0) is 0 Å². The zero-order chi connectivity index (χ0) is 7.28. The van der Waals surface area contributed by atoms with Crippen LogP contribution in [0.3, 0.4) is 0 Å². The third-order valence-corrected chi connectivity index (χ3v) is 1.80. The van der Waals surface area contributed by atoms with Crippen molar-refractivity contribution in [3.63, 3.8) is 0 Å².